The number of rotatable bonds is 4. The van der Waals surface area contributed by atoms with Crippen molar-refractivity contribution in [2.45, 2.75) is 13.8 Å². The fourth-order valence-electron chi connectivity index (χ4n) is 4.08. The summed E-state index contributed by atoms with van der Waals surface area (Å²) in [5, 5.41) is 6.08. The smallest absolute Gasteiger partial charge is 0.282 e. The van der Waals surface area contributed by atoms with Crippen molar-refractivity contribution in [3.63, 3.8) is 0 Å². The molecule has 0 spiro atoms. The van der Waals surface area contributed by atoms with Crippen molar-refractivity contribution >= 4 is 40.3 Å². The lowest BCUT2D eigenvalue weighted by Gasteiger charge is -2.12. The Balaban J connectivity index is 1.67. The van der Waals surface area contributed by atoms with Gasteiger partial charge in [0.15, 0.2) is 5.82 Å². The molecule has 0 radical (unpaired) electrons. The van der Waals surface area contributed by atoms with E-state index >= 15 is 0 Å². The predicted octanol–water partition coefficient (Wildman–Crippen LogP) is 6.66. The summed E-state index contributed by atoms with van der Waals surface area (Å²) in [6.45, 7) is 3.96. The van der Waals surface area contributed by atoms with E-state index in [1.807, 2.05) is 85.1 Å². The molecule has 0 aliphatic carbocycles. The number of benzene rings is 3. The van der Waals surface area contributed by atoms with Crippen LogP contribution in [0.1, 0.15) is 17.0 Å². The van der Waals surface area contributed by atoms with Gasteiger partial charge in [-0.3, -0.25) is 4.79 Å². The molecule has 5 aromatic rings. The van der Waals surface area contributed by atoms with Gasteiger partial charge in [-0.15, -0.1) is 0 Å². The van der Waals surface area contributed by atoms with Crippen molar-refractivity contribution in [3.05, 3.63) is 116 Å². The van der Waals surface area contributed by atoms with Crippen molar-refractivity contribution in [1.82, 2.24) is 14.2 Å². The van der Waals surface area contributed by atoms with Crippen LogP contribution in [0.4, 0.5) is 0 Å². The molecule has 34 heavy (non-hydrogen) atoms. The van der Waals surface area contributed by atoms with Gasteiger partial charge in [-0.1, -0.05) is 71.7 Å². The third kappa shape index (κ3) is 3.83. The van der Waals surface area contributed by atoms with Gasteiger partial charge < -0.3 is 4.57 Å². The molecule has 0 saturated heterocycles. The second-order valence-corrected chi connectivity index (χ2v) is 8.70. The molecule has 0 bridgehead atoms. The molecule has 0 fully saturated rings. The first kappa shape index (κ1) is 22.1. The SMILES string of the molecule is Cc1cc(C=Nn2c(-c3ccccc3)nc3ccccc3c2=O)c(C)n1-c1cccc(Cl)c1Cl. The maximum absolute atomic E-state index is 13.4. The highest BCUT2D eigenvalue weighted by Gasteiger charge is 2.15. The Hall–Kier alpha value is -3.67. The Morgan fingerprint density at radius 2 is 1.65 bits per heavy atom. The van der Waals surface area contributed by atoms with E-state index in [0.717, 1.165) is 28.2 Å². The molecule has 0 aliphatic heterocycles. The van der Waals surface area contributed by atoms with Crippen LogP contribution in [0.3, 0.4) is 0 Å². The van der Waals surface area contributed by atoms with Gasteiger partial charge >= 0.3 is 0 Å². The minimum atomic E-state index is -0.229. The zero-order valence-electron chi connectivity index (χ0n) is 18.5. The van der Waals surface area contributed by atoms with Crippen LogP contribution >= 0.6 is 23.2 Å². The molecule has 0 aliphatic rings. The van der Waals surface area contributed by atoms with Gasteiger partial charge in [-0.25, -0.2) is 4.98 Å². The van der Waals surface area contributed by atoms with Gasteiger partial charge in [0.2, 0.25) is 0 Å². The van der Waals surface area contributed by atoms with E-state index in [9.17, 15) is 4.79 Å². The number of hydrogen-bond acceptors (Lipinski definition) is 3. The van der Waals surface area contributed by atoms with Crippen LogP contribution in [0.15, 0.2) is 88.8 Å². The number of fused-ring (bicyclic) bond motifs is 1. The molecular formula is C27H20Cl2N4O. The average molecular weight is 487 g/mol. The van der Waals surface area contributed by atoms with Crippen molar-refractivity contribution in [1.29, 1.82) is 0 Å². The number of aromatic nitrogens is 3. The number of halogens is 2. The largest absolute Gasteiger partial charge is 0.316 e. The van der Waals surface area contributed by atoms with E-state index in [1.165, 1.54) is 4.68 Å². The molecule has 2 heterocycles. The summed E-state index contributed by atoms with van der Waals surface area (Å²) < 4.78 is 3.38. The van der Waals surface area contributed by atoms with Crippen LogP contribution < -0.4 is 5.56 Å². The van der Waals surface area contributed by atoms with E-state index < -0.39 is 0 Å². The van der Waals surface area contributed by atoms with E-state index in [2.05, 4.69) is 5.10 Å². The zero-order chi connectivity index (χ0) is 23.8. The van der Waals surface area contributed by atoms with E-state index in [-0.39, 0.29) is 5.56 Å². The van der Waals surface area contributed by atoms with E-state index in [0.29, 0.717) is 26.8 Å². The van der Waals surface area contributed by atoms with Crippen LogP contribution in [0.25, 0.3) is 28.0 Å². The number of nitrogens with zero attached hydrogens (tertiary/aromatic N) is 4. The van der Waals surface area contributed by atoms with Crippen LogP contribution in [0.5, 0.6) is 0 Å². The van der Waals surface area contributed by atoms with Gasteiger partial charge in [-0.05, 0) is 44.2 Å². The van der Waals surface area contributed by atoms with Crippen LogP contribution in [-0.4, -0.2) is 20.4 Å². The van der Waals surface area contributed by atoms with Crippen molar-refractivity contribution in [2.24, 2.45) is 5.10 Å². The molecule has 0 amide bonds. The van der Waals surface area contributed by atoms with Crippen LogP contribution in [-0.2, 0) is 0 Å². The predicted molar refractivity (Wildman–Crippen MR) is 140 cm³/mol. The first-order valence-corrected chi connectivity index (χ1v) is 11.5. The normalized spacial score (nSPS) is 11.5. The molecule has 168 valence electrons. The Kier molecular flexibility index (Phi) is 5.82. The van der Waals surface area contributed by atoms with Crippen molar-refractivity contribution in [3.8, 4) is 17.1 Å². The van der Waals surface area contributed by atoms with Gasteiger partial charge in [0.25, 0.3) is 5.56 Å². The van der Waals surface area contributed by atoms with E-state index in [1.54, 1.807) is 18.3 Å². The topological polar surface area (TPSA) is 52.2 Å². The first-order chi connectivity index (χ1) is 16.5. The summed E-state index contributed by atoms with van der Waals surface area (Å²) in [7, 11) is 0. The molecule has 5 rings (SSSR count). The van der Waals surface area contributed by atoms with Crippen LogP contribution in [0.2, 0.25) is 10.0 Å². The Morgan fingerprint density at radius 1 is 0.912 bits per heavy atom. The average Bonchev–Trinajstić information content (AvgIpc) is 3.13. The molecule has 2 aromatic heterocycles. The standard InChI is InChI=1S/C27H20Cl2N4O/c1-17-15-20(18(2)32(17)24-14-8-12-22(28)25(24)29)16-30-33-26(19-9-4-3-5-10-19)31-23-13-7-6-11-21(23)27(33)34/h3-16H,1-2H3. The highest BCUT2D eigenvalue weighted by molar-refractivity contribution is 6.43. The molecule has 0 unspecified atom stereocenters. The fourth-order valence-corrected chi connectivity index (χ4v) is 4.46. The van der Waals surface area contributed by atoms with Gasteiger partial charge in [0.1, 0.15) is 0 Å². The van der Waals surface area contributed by atoms with Crippen LogP contribution in [0, 0.1) is 13.8 Å². The molecule has 5 nitrogen and oxygen atoms in total. The lowest BCUT2D eigenvalue weighted by molar-refractivity contribution is 0.829. The lowest BCUT2D eigenvalue weighted by atomic mass is 10.2. The lowest BCUT2D eigenvalue weighted by Crippen LogP contribution is -2.20. The number of hydrogen-bond donors (Lipinski definition) is 0. The molecule has 0 saturated carbocycles. The molecule has 0 atom stereocenters. The van der Waals surface area contributed by atoms with Gasteiger partial charge in [0.05, 0.1) is 32.9 Å². The van der Waals surface area contributed by atoms with Gasteiger partial charge in [0, 0.05) is 22.5 Å². The molecule has 0 N–H and O–H groups in total. The van der Waals surface area contributed by atoms with Crippen molar-refractivity contribution < 1.29 is 0 Å². The summed E-state index contributed by atoms with van der Waals surface area (Å²) in [6, 6.07) is 24.4. The second-order valence-electron chi connectivity index (χ2n) is 7.91. The molecule has 7 heteroatoms. The highest BCUT2D eigenvalue weighted by Crippen LogP contribution is 2.31. The van der Waals surface area contributed by atoms with Gasteiger partial charge in [-0.2, -0.15) is 9.78 Å². The summed E-state index contributed by atoms with van der Waals surface area (Å²) in [5.41, 5.74) is 4.74. The zero-order valence-corrected chi connectivity index (χ0v) is 20.0. The maximum Gasteiger partial charge on any atom is 0.282 e. The highest BCUT2D eigenvalue weighted by atomic mass is 35.5. The fraction of sp³-hybridized carbons (Fsp3) is 0.0741. The number of aryl methyl sites for hydroxylation is 1. The maximum atomic E-state index is 13.4. The third-order valence-corrected chi connectivity index (χ3v) is 6.55. The summed E-state index contributed by atoms with van der Waals surface area (Å²) >= 11 is 12.7. The first-order valence-electron chi connectivity index (χ1n) is 10.7. The second kappa shape index (κ2) is 8.93. The minimum Gasteiger partial charge on any atom is -0.316 e. The minimum absolute atomic E-state index is 0.229. The molecular weight excluding hydrogens is 467 g/mol. The van der Waals surface area contributed by atoms with Crippen molar-refractivity contribution in [2.75, 3.05) is 0 Å². The summed E-state index contributed by atoms with van der Waals surface area (Å²) in [5.74, 6) is 0.479. The molecule has 3 aromatic carbocycles. The Bertz CT molecular complexity index is 1620. The summed E-state index contributed by atoms with van der Waals surface area (Å²) in [4.78, 5) is 18.1. The van der Waals surface area contributed by atoms with E-state index in [4.69, 9.17) is 28.2 Å². The third-order valence-electron chi connectivity index (χ3n) is 5.74. The summed E-state index contributed by atoms with van der Waals surface area (Å²) in [6.07, 6.45) is 1.68. The quantitative estimate of drug-likeness (QED) is 0.266. The monoisotopic (exact) mass is 486 g/mol. The number of para-hydroxylation sites is 1. The Morgan fingerprint density at radius 3 is 2.44 bits per heavy atom. The Labute approximate surface area is 206 Å².